The maximum atomic E-state index is 12.8. The van der Waals surface area contributed by atoms with Crippen molar-refractivity contribution >= 4 is 0 Å². The van der Waals surface area contributed by atoms with Gasteiger partial charge in [-0.1, -0.05) is 56.3 Å². The predicted octanol–water partition coefficient (Wildman–Crippen LogP) is 6.60. The molecule has 5 heteroatoms. The summed E-state index contributed by atoms with van der Waals surface area (Å²) in [4.78, 5) is 2.44. The van der Waals surface area contributed by atoms with Crippen LogP contribution in [-0.2, 0) is 25.8 Å². The summed E-state index contributed by atoms with van der Waals surface area (Å²) in [5.74, 6) is 0.627. The van der Waals surface area contributed by atoms with Gasteiger partial charge in [-0.05, 0) is 54.3 Å². The van der Waals surface area contributed by atoms with Gasteiger partial charge in [0, 0.05) is 31.5 Å². The van der Waals surface area contributed by atoms with Crippen LogP contribution in [-0.4, -0.2) is 16.0 Å². The van der Waals surface area contributed by atoms with Crippen LogP contribution < -0.4 is 0 Å². The highest BCUT2D eigenvalue weighted by Crippen LogP contribution is 2.29. The maximum absolute atomic E-state index is 12.8. The van der Waals surface area contributed by atoms with Crippen molar-refractivity contribution in [2.24, 2.45) is 5.92 Å². The summed E-state index contributed by atoms with van der Waals surface area (Å²) in [5.41, 5.74) is 2.69. The van der Waals surface area contributed by atoms with Crippen LogP contribution in [0.5, 0.6) is 0 Å². The molecular weight excluding hydrogens is 385 g/mol. The number of alkyl halides is 3. The number of rotatable bonds is 9. The first kappa shape index (κ1) is 22.2. The van der Waals surface area contributed by atoms with Crippen LogP contribution in [0.3, 0.4) is 0 Å². The predicted molar refractivity (Wildman–Crippen MR) is 115 cm³/mol. The second-order valence-corrected chi connectivity index (χ2v) is 8.20. The van der Waals surface area contributed by atoms with Crippen LogP contribution in [0.15, 0.2) is 72.9 Å². The molecule has 0 radical (unpaired) electrons. The molecule has 0 atom stereocenters. The van der Waals surface area contributed by atoms with E-state index in [1.54, 1.807) is 12.1 Å². The molecule has 3 rings (SSSR count). The molecule has 1 heterocycles. The highest BCUT2D eigenvalue weighted by Gasteiger charge is 2.29. The summed E-state index contributed by atoms with van der Waals surface area (Å²) in [7, 11) is 0. The minimum absolute atomic E-state index is 0.559. The van der Waals surface area contributed by atoms with Crippen LogP contribution in [0, 0.1) is 5.92 Å². The van der Waals surface area contributed by atoms with Gasteiger partial charge in [0.15, 0.2) is 0 Å². The van der Waals surface area contributed by atoms with E-state index in [1.807, 2.05) is 18.3 Å². The van der Waals surface area contributed by atoms with E-state index in [1.165, 1.54) is 5.56 Å². The highest BCUT2D eigenvalue weighted by atomic mass is 19.4. The smallest absolute Gasteiger partial charge is 0.346 e. The molecule has 0 N–H and O–H groups in total. The summed E-state index contributed by atoms with van der Waals surface area (Å²) < 4.78 is 40.5. The van der Waals surface area contributed by atoms with E-state index in [0.29, 0.717) is 12.5 Å². The Morgan fingerprint density at radius 2 is 1.53 bits per heavy atom. The number of hydrogen-bond acceptors (Lipinski definition) is 1. The molecule has 160 valence electrons. The van der Waals surface area contributed by atoms with Crippen molar-refractivity contribution in [1.29, 1.82) is 0 Å². The summed E-state index contributed by atoms with van der Waals surface area (Å²) in [6, 6.07) is 20.0. The number of hydrogen-bond donors (Lipinski definition) is 0. The molecule has 0 aliphatic heterocycles. The molecule has 0 saturated heterocycles. The Hall–Kier alpha value is -2.53. The molecule has 0 fully saturated rings. The van der Waals surface area contributed by atoms with E-state index >= 15 is 0 Å². The van der Waals surface area contributed by atoms with Crippen molar-refractivity contribution in [3.63, 3.8) is 0 Å². The lowest BCUT2D eigenvalue weighted by Gasteiger charge is -2.24. The third-order valence-corrected chi connectivity index (χ3v) is 5.22. The molecule has 2 aromatic carbocycles. The number of nitrogens with zero attached hydrogens (tertiary/aromatic N) is 2. The van der Waals surface area contributed by atoms with Gasteiger partial charge in [-0.2, -0.15) is 13.2 Å². The number of benzene rings is 2. The van der Waals surface area contributed by atoms with Crippen molar-refractivity contribution in [2.45, 2.75) is 46.1 Å². The Morgan fingerprint density at radius 1 is 0.833 bits per heavy atom. The fourth-order valence-corrected chi connectivity index (χ4v) is 3.47. The molecule has 0 amide bonds. The zero-order chi connectivity index (χ0) is 21.6. The molecule has 3 aromatic rings. The molecule has 0 spiro atoms. The normalized spacial score (nSPS) is 12.1. The van der Waals surface area contributed by atoms with E-state index in [4.69, 9.17) is 0 Å². The van der Waals surface area contributed by atoms with Crippen LogP contribution in [0.4, 0.5) is 13.2 Å². The third kappa shape index (κ3) is 6.49. The minimum atomic E-state index is -4.30. The number of halogens is 3. The summed E-state index contributed by atoms with van der Waals surface area (Å²) >= 11 is 0. The first-order valence-electron chi connectivity index (χ1n) is 10.4. The molecule has 0 aliphatic rings. The van der Waals surface area contributed by atoms with Crippen LogP contribution in [0.1, 0.15) is 42.7 Å². The van der Waals surface area contributed by atoms with Gasteiger partial charge in [-0.3, -0.25) is 4.90 Å². The van der Waals surface area contributed by atoms with Crippen molar-refractivity contribution in [3.05, 3.63) is 95.3 Å². The number of aromatic nitrogens is 1. The fourth-order valence-electron chi connectivity index (χ4n) is 3.47. The Morgan fingerprint density at radius 3 is 2.17 bits per heavy atom. The molecule has 0 aliphatic carbocycles. The molecule has 30 heavy (non-hydrogen) atoms. The van der Waals surface area contributed by atoms with Gasteiger partial charge in [0.05, 0.1) is 5.56 Å². The van der Waals surface area contributed by atoms with Gasteiger partial charge in [0.25, 0.3) is 0 Å². The largest absolute Gasteiger partial charge is 0.416 e. The third-order valence-electron chi connectivity index (χ3n) is 5.22. The van der Waals surface area contributed by atoms with Gasteiger partial charge in [-0.15, -0.1) is 0 Å². The van der Waals surface area contributed by atoms with Crippen LogP contribution in [0.2, 0.25) is 0 Å². The van der Waals surface area contributed by atoms with E-state index < -0.39 is 11.7 Å². The molecule has 2 nitrogen and oxygen atoms in total. The Kier molecular flexibility index (Phi) is 7.38. The molecule has 0 bridgehead atoms. The highest BCUT2D eigenvalue weighted by molar-refractivity contribution is 5.25. The van der Waals surface area contributed by atoms with Gasteiger partial charge in [0.1, 0.15) is 0 Å². The summed E-state index contributed by atoms with van der Waals surface area (Å²) in [6.07, 6.45) is -1.19. The first-order chi connectivity index (χ1) is 14.3. The molecule has 0 saturated carbocycles. The Balaban J connectivity index is 1.71. The zero-order valence-electron chi connectivity index (χ0n) is 17.6. The SMILES string of the molecule is CC(C)CCN(Cc1ccccc1)Cc1cccn1Cc1ccc(C(F)(F)F)cc1. The van der Waals surface area contributed by atoms with Crippen molar-refractivity contribution in [1.82, 2.24) is 9.47 Å². The van der Waals surface area contributed by atoms with Crippen LogP contribution in [0.25, 0.3) is 0 Å². The quantitative estimate of drug-likeness (QED) is 0.383. The van der Waals surface area contributed by atoms with Crippen LogP contribution >= 0.6 is 0 Å². The summed E-state index contributed by atoms with van der Waals surface area (Å²) in [6.45, 7) is 7.69. The molecule has 0 unspecified atom stereocenters. The Bertz CT molecular complexity index is 896. The first-order valence-corrected chi connectivity index (χ1v) is 10.4. The van der Waals surface area contributed by atoms with Gasteiger partial charge in [0.2, 0.25) is 0 Å². The van der Waals surface area contributed by atoms with Crippen molar-refractivity contribution in [2.75, 3.05) is 6.54 Å². The van der Waals surface area contributed by atoms with E-state index in [-0.39, 0.29) is 0 Å². The average Bonchev–Trinajstić information content (AvgIpc) is 3.13. The molecule has 1 aromatic heterocycles. The maximum Gasteiger partial charge on any atom is 0.416 e. The van der Waals surface area contributed by atoms with Gasteiger partial charge < -0.3 is 4.57 Å². The Labute approximate surface area is 177 Å². The van der Waals surface area contributed by atoms with E-state index in [2.05, 4.69) is 53.6 Å². The topological polar surface area (TPSA) is 8.17 Å². The standard InChI is InChI=1S/C25H29F3N2/c1-20(2)14-16-29(17-21-7-4-3-5-8-21)19-24-9-6-15-30(24)18-22-10-12-23(13-11-22)25(26,27)28/h3-13,15,20H,14,16-19H2,1-2H3. The average molecular weight is 415 g/mol. The minimum Gasteiger partial charge on any atom is -0.346 e. The van der Waals surface area contributed by atoms with Crippen molar-refractivity contribution in [3.8, 4) is 0 Å². The monoisotopic (exact) mass is 414 g/mol. The lowest BCUT2D eigenvalue weighted by Crippen LogP contribution is -2.26. The lowest BCUT2D eigenvalue weighted by atomic mass is 10.1. The zero-order valence-corrected chi connectivity index (χ0v) is 17.6. The lowest BCUT2D eigenvalue weighted by molar-refractivity contribution is -0.137. The van der Waals surface area contributed by atoms with E-state index in [0.717, 1.165) is 49.4 Å². The molecular formula is C25H29F3N2. The summed E-state index contributed by atoms with van der Waals surface area (Å²) in [5, 5.41) is 0. The van der Waals surface area contributed by atoms with Gasteiger partial charge in [-0.25, -0.2) is 0 Å². The van der Waals surface area contributed by atoms with E-state index in [9.17, 15) is 13.2 Å². The second-order valence-electron chi connectivity index (χ2n) is 8.20. The second kappa shape index (κ2) is 9.98. The fraction of sp³-hybridized carbons (Fsp3) is 0.360. The van der Waals surface area contributed by atoms with Gasteiger partial charge >= 0.3 is 6.18 Å². The van der Waals surface area contributed by atoms with Crippen molar-refractivity contribution < 1.29 is 13.2 Å².